The van der Waals surface area contributed by atoms with E-state index in [1.54, 1.807) is 0 Å². The molecule has 3 nitrogen and oxygen atoms in total. The van der Waals surface area contributed by atoms with Crippen molar-refractivity contribution in [2.24, 2.45) is 0 Å². The predicted molar refractivity (Wildman–Crippen MR) is 54.4 cm³/mol. The van der Waals surface area contributed by atoms with Crippen LogP contribution in [0.2, 0.25) is 0 Å². The van der Waals surface area contributed by atoms with E-state index in [1.807, 2.05) is 43.3 Å². The summed E-state index contributed by atoms with van der Waals surface area (Å²) in [5, 5.41) is 9.94. The van der Waals surface area contributed by atoms with E-state index in [4.69, 9.17) is 4.74 Å². The van der Waals surface area contributed by atoms with Gasteiger partial charge in [0.05, 0.1) is 0 Å². The summed E-state index contributed by atoms with van der Waals surface area (Å²) in [7, 11) is 3.94. The Labute approximate surface area is 83.9 Å². The molecule has 2 atom stereocenters. The standard InChI is InChI=1S/C11H15NO2/c1-12(2)7-10-11(13)8-5-3-4-6-9(8)14-10/h3-6,10-11,13H,7H2,1-2H3/t10-,11?/m1/s1. The lowest BCUT2D eigenvalue weighted by molar-refractivity contribution is 0.0504. The maximum Gasteiger partial charge on any atom is 0.141 e. The van der Waals surface area contributed by atoms with Gasteiger partial charge >= 0.3 is 0 Å². The van der Waals surface area contributed by atoms with E-state index in [0.29, 0.717) is 0 Å². The number of nitrogens with zero attached hydrogens (tertiary/aromatic N) is 1. The first-order chi connectivity index (χ1) is 6.68. The number of para-hydroxylation sites is 1. The van der Waals surface area contributed by atoms with Gasteiger partial charge in [-0.15, -0.1) is 0 Å². The fourth-order valence-electron chi connectivity index (χ4n) is 1.76. The second-order valence-corrected chi connectivity index (χ2v) is 3.90. The summed E-state index contributed by atoms with van der Waals surface area (Å²) in [6, 6.07) is 7.65. The molecule has 76 valence electrons. The smallest absolute Gasteiger partial charge is 0.141 e. The van der Waals surface area contributed by atoms with Crippen molar-refractivity contribution in [1.82, 2.24) is 4.90 Å². The van der Waals surface area contributed by atoms with Crippen LogP contribution in [0.5, 0.6) is 5.75 Å². The molecule has 2 rings (SSSR count). The maximum absolute atomic E-state index is 9.94. The highest BCUT2D eigenvalue weighted by atomic mass is 16.5. The second-order valence-electron chi connectivity index (χ2n) is 3.90. The van der Waals surface area contributed by atoms with Crippen LogP contribution in [0.1, 0.15) is 11.7 Å². The molecule has 1 aliphatic heterocycles. The zero-order valence-corrected chi connectivity index (χ0v) is 8.47. The molecule has 0 fully saturated rings. The van der Waals surface area contributed by atoms with Gasteiger partial charge in [0.1, 0.15) is 18.0 Å². The number of hydrogen-bond donors (Lipinski definition) is 1. The third-order valence-corrected chi connectivity index (χ3v) is 2.41. The second kappa shape index (κ2) is 3.59. The van der Waals surface area contributed by atoms with Gasteiger partial charge < -0.3 is 14.7 Å². The van der Waals surface area contributed by atoms with Gasteiger partial charge in [-0.2, -0.15) is 0 Å². The summed E-state index contributed by atoms with van der Waals surface area (Å²) in [5.41, 5.74) is 0.902. The van der Waals surface area contributed by atoms with E-state index in [0.717, 1.165) is 17.9 Å². The molecule has 0 bridgehead atoms. The van der Waals surface area contributed by atoms with Crippen LogP contribution in [0, 0.1) is 0 Å². The summed E-state index contributed by atoms with van der Waals surface area (Å²) in [6.07, 6.45) is -0.629. The van der Waals surface area contributed by atoms with Crippen LogP contribution in [-0.2, 0) is 0 Å². The molecule has 1 aliphatic rings. The van der Waals surface area contributed by atoms with E-state index in [1.165, 1.54) is 0 Å². The Bertz CT molecular complexity index is 325. The number of hydrogen-bond acceptors (Lipinski definition) is 3. The normalized spacial score (nSPS) is 24.9. The summed E-state index contributed by atoms with van der Waals surface area (Å²) in [5.74, 6) is 0.812. The van der Waals surface area contributed by atoms with Crippen molar-refractivity contribution < 1.29 is 9.84 Å². The first-order valence-corrected chi connectivity index (χ1v) is 4.77. The molecule has 0 spiro atoms. The topological polar surface area (TPSA) is 32.7 Å². The zero-order valence-electron chi connectivity index (χ0n) is 8.47. The monoisotopic (exact) mass is 193 g/mol. The van der Waals surface area contributed by atoms with Crippen LogP contribution in [0.15, 0.2) is 24.3 Å². The van der Waals surface area contributed by atoms with Gasteiger partial charge in [-0.25, -0.2) is 0 Å². The van der Waals surface area contributed by atoms with Crippen LogP contribution in [0.4, 0.5) is 0 Å². The average molecular weight is 193 g/mol. The Balaban J connectivity index is 2.17. The van der Waals surface area contributed by atoms with Crippen molar-refractivity contribution in [2.45, 2.75) is 12.2 Å². The van der Waals surface area contributed by atoms with Gasteiger partial charge in [-0.1, -0.05) is 18.2 Å². The Morgan fingerprint density at radius 2 is 2.07 bits per heavy atom. The lowest BCUT2D eigenvalue weighted by Gasteiger charge is -2.18. The molecular weight excluding hydrogens is 178 g/mol. The van der Waals surface area contributed by atoms with E-state index in [-0.39, 0.29) is 6.10 Å². The minimum absolute atomic E-state index is 0.137. The molecule has 0 aromatic heterocycles. The highest BCUT2D eigenvalue weighted by Gasteiger charge is 2.32. The van der Waals surface area contributed by atoms with Gasteiger partial charge in [-0.05, 0) is 20.2 Å². The van der Waals surface area contributed by atoms with Crippen LogP contribution in [0.25, 0.3) is 0 Å². The van der Waals surface area contributed by atoms with Gasteiger partial charge in [0.15, 0.2) is 0 Å². The molecule has 0 aliphatic carbocycles. The van der Waals surface area contributed by atoms with Gasteiger partial charge in [0.2, 0.25) is 0 Å². The quantitative estimate of drug-likeness (QED) is 0.761. The molecule has 1 heterocycles. The van der Waals surface area contributed by atoms with Crippen molar-refractivity contribution in [3.8, 4) is 5.75 Å². The number of aliphatic hydroxyl groups excluding tert-OH is 1. The SMILES string of the molecule is CN(C)C[C@H]1Oc2ccccc2C1O. The minimum atomic E-state index is -0.492. The maximum atomic E-state index is 9.94. The Kier molecular flexibility index (Phi) is 2.44. The Morgan fingerprint density at radius 3 is 2.71 bits per heavy atom. The molecule has 0 amide bonds. The summed E-state index contributed by atoms with van der Waals surface area (Å²) >= 11 is 0. The van der Waals surface area contributed by atoms with Crippen molar-refractivity contribution >= 4 is 0 Å². The van der Waals surface area contributed by atoms with Gasteiger partial charge in [0.25, 0.3) is 0 Å². The molecule has 3 heteroatoms. The third kappa shape index (κ3) is 1.61. The number of likely N-dealkylation sites (N-methyl/N-ethyl adjacent to an activating group) is 1. The minimum Gasteiger partial charge on any atom is -0.486 e. The lowest BCUT2D eigenvalue weighted by Crippen LogP contribution is -2.31. The van der Waals surface area contributed by atoms with Crippen molar-refractivity contribution in [3.05, 3.63) is 29.8 Å². The largest absolute Gasteiger partial charge is 0.486 e. The zero-order chi connectivity index (χ0) is 10.1. The number of fused-ring (bicyclic) bond motifs is 1. The predicted octanol–water partition coefficient (Wildman–Crippen LogP) is 1.04. The first-order valence-electron chi connectivity index (χ1n) is 4.77. The molecule has 1 unspecified atom stereocenters. The van der Waals surface area contributed by atoms with E-state index >= 15 is 0 Å². The number of benzene rings is 1. The van der Waals surface area contributed by atoms with Crippen molar-refractivity contribution in [2.75, 3.05) is 20.6 Å². The fourth-order valence-corrected chi connectivity index (χ4v) is 1.76. The van der Waals surface area contributed by atoms with E-state index < -0.39 is 6.10 Å². The summed E-state index contributed by atoms with van der Waals surface area (Å²) in [6.45, 7) is 0.732. The molecule has 0 radical (unpaired) electrons. The van der Waals surface area contributed by atoms with Crippen LogP contribution in [0.3, 0.4) is 0 Å². The van der Waals surface area contributed by atoms with Gasteiger partial charge in [-0.3, -0.25) is 0 Å². The molecule has 0 saturated carbocycles. The van der Waals surface area contributed by atoms with E-state index in [9.17, 15) is 5.11 Å². The van der Waals surface area contributed by atoms with Crippen LogP contribution < -0.4 is 4.74 Å². The van der Waals surface area contributed by atoms with Crippen LogP contribution >= 0.6 is 0 Å². The third-order valence-electron chi connectivity index (χ3n) is 2.41. The molecule has 14 heavy (non-hydrogen) atoms. The Hall–Kier alpha value is -1.06. The number of rotatable bonds is 2. The van der Waals surface area contributed by atoms with Crippen LogP contribution in [-0.4, -0.2) is 36.8 Å². The highest BCUT2D eigenvalue weighted by molar-refractivity contribution is 5.39. The summed E-state index contributed by atoms with van der Waals surface area (Å²) in [4.78, 5) is 2.01. The molecular formula is C11H15NO2. The fraction of sp³-hybridized carbons (Fsp3) is 0.455. The average Bonchev–Trinajstić information content (AvgIpc) is 2.44. The summed E-state index contributed by atoms with van der Waals surface area (Å²) < 4.78 is 5.64. The molecule has 1 aromatic rings. The van der Waals surface area contributed by atoms with Gasteiger partial charge in [0, 0.05) is 12.1 Å². The molecule has 0 saturated heterocycles. The first kappa shape index (κ1) is 9.49. The van der Waals surface area contributed by atoms with E-state index in [2.05, 4.69) is 0 Å². The molecule has 1 aromatic carbocycles. The molecule has 1 N–H and O–H groups in total. The van der Waals surface area contributed by atoms with Crippen molar-refractivity contribution in [1.29, 1.82) is 0 Å². The van der Waals surface area contributed by atoms with Crippen molar-refractivity contribution in [3.63, 3.8) is 0 Å². The Morgan fingerprint density at radius 1 is 1.36 bits per heavy atom. The highest BCUT2D eigenvalue weighted by Crippen LogP contribution is 2.36. The number of aliphatic hydroxyl groups is 1. The lowest BCUT2D eigenvalue weighted by atomic mass is 10.1. The number of ether oxygens (including phenoxy) is 1.